The fraction of sp³-hybridized carbons (Fsp3) is 0.267. The van der Waals surface area contributed by atoms with Gasteiger partial charge in [0.1, 0.15) is 5.82 Å². The molecule has 9 heteroatoms. The lowest BCUT2D eigenvalue weighted by atomic mass is 10.3. The van der Waals surface area contributed by atoms with Crippen molar-refractivity contribution in [1.29, 1.82) is 0 Å². The number of hydrogen-bond acceptors (Lipinski definition) is 5. The largest absolute Gasteiger partial charge is 0.338 e. The maximum Gasteiger partial charge on any atom is 0.319 e. The van der Waals surface area contributed by atoms with E-state index in [1.54, 1.807) is 7.05 Å². The minimum atomic E-state index is -2.66. The summed E-state index contributed by atoms with van der Waals surface area (Å²) in [5, 5.41) is 0. The lowest BCUT2D eigenvalue weighted by molar-refractivity contribution is -0.127. The van der Waals surface area contributed by atoms with Crippen molar-refractivity contribution in [3.05, 3.63) is 42.5 Å². The summed E-state index contributed by atoms with van der Waals surface area (Å²) in [6.07, 6.45) is 2.50. The predicted molar refractivity (Wildman–Crippen MR) is 90.3 cm³/mol. The van der Waals surface area contributed by atoms with Gasteiger partial charge < -0.3 is 4.90 Å². The van der Waals surface area contributed by atoms with Gasteiger partial charge >= 0.3 is 6.55 Å². The average Bonchev–Trinajstić information content (AvgIpc) is 3.18. The Morgan fingerprint density at radius 2 is 2.21 bits per heavy atom. The van der Waals surface area contributed by atoms with Gasteiger partial charge in [0.25, 0.3) is 0 Å². The summed E-state index contributed by atoms with van der Waals surface area (Å²) in [6, 6.07) is 7.77. The molecule has 1 amide bonds. The molecule has 2 aromatic heterocycles. The smallest absolute Gasteiger partial charge is 0.319 e. The number of nitrogens with zero attached hydrogens (tertiary/aromatic N) is 4. The van der Waals surface area contributed by atoms with Gasteiger partial charge in [0, 0.05) is 19.4 Å². The third-order valence-electron chi connectivity index (χ3n) is 3.36. The van der Waals surface area contributed by atoms with E-state index >= 15 is 0 Å². The molecular weight excluding hydrogens is 354 g/mol. The van der Waals surface area contributed by atoms with E-state index in [4.69, 9.17) is 0 Å². The molecule has 0 aliphatic rings. The molecule has 126 valence electrons. The third-order valence-corrected chi connectivity index (χ3v) is 5.52. The van der Waals surface area contributed by atoms with Gasteiger partial charge in [0.05, 0.1) is 22.5 Å². The second-order valence-corrected chi connectivity index (χ2v) is 7.27. The van der Waals surface area contributed by atoms with Gasteiger partial charge in [-0.2, -0.15) is 8.78 Å². The number of benzene rings is 1. The molecule has 3 aromatic rings. The molecule has 0 atom stereocenters. The first kappa shape index (κ1) is 16.8. The van der Waals surface area contributed by atoms with Gasteiger partial charge in [-0.3, -0.25) is 9.36 Å². The molecule has 24 heavy (non-hydrogen) atoms. The number of halogens is 2. The van der Waals surface area contributed by atoms with Crippen LogP contribution in [0.1, 0.15) is 12.4 Å². The van der Waals surface area contributed by atoms with Gasteiger partial charge in [-0.1, -0.05) is 23.9 Å². The number of thiazole rings is 1. The van der Waals surface area contributed by atoms with Crippen LogP contribution in [0.2, 0.25) is 0 Å². The first-order chi connectivity index (χ1) is 11.5. The quantitative estimate of drug-likeness (QED) is 0.624. The van der Waals surface area contributed by atoms with Crippen molar-refractivity contribution < 1.29 is 13.6 Å². The van der Waals surface area contributed by atoms with Crippen LogP contribution in [0.5, 0.6) is 0 Å². The monoisotopic (exact) mass is 368 g/mol. The highest BCUT2D eigenvalue weighted by atomic mass is 32.2. The van der Waals surface area contributed by atoms with Crippen molar-refractivity contribution >= 4 is 39.2 Å². The fourth-order valence-corrected chi connectivity index (χ4v) is 4.10. The number of imidazole rings is 1. The van der Waals surface area contributed by atoms with Crippen LogP contribution in [0.3, 0.4) is 0 Å². The Kier molecular flexibility index (Phi) is 5.10. The summed E-state index contributed by atoms with van der Waals surface area (Å²) in [7, 11) is 1.58. The first-order valence-electron chi connectivity index (χ1n) is 7.07. The van der Waals surface area contributed by atoms with E-state index in [9.17, 15) is 13.6 Å². The van der Waals surface area contributed by atoms with E-state index in [1.807, 2.05) is 24.3 Å². The zero-order chi connectivity index (χ0) is 17.1. The van der Waals surface area contributed by atoms with Crippen LogP contribution in [0.25, 0.3) is 10.2 Å². The molecule has 0 unspecified atom stereocenters. The Hall–Kier alpha value is -2.00. The highest BCUT2D eigenvalue weighted by Crippen LogP contribution is 2.29. The Balaban J connectivity index is 1.58. The van der Waals surface area contributed by atoms with Crippen LogP contribution in [0.4, 0.5) is 8.78 Å². The van der Waals surface area contributed by atoms with Crippen LogP contribution in [0, 0.1) is 0 Å². The third kappa shape index (κ3) is 3.73. The first-order valence-corrected chi connectivity index (χ1v) is 8.87. The van der Waals surface area contributed by atoms with Crippen LogP contribution in [-0.2, 0) is 11.3 Å². The summed E-state index contributed by atoms with van der Waals surface area (Å²) in [5.41, 5.74) is 0.907. The van der Waals surface area contributed by atoms with Crippen molar-refractivity contribution in [3.63, 3.8) is 0 Å². The van der Waals surface area contributed by atoms with E-state index in [1.165, 1.54) is 40.4 Å². The maximum atomic E-state index is 12.8. The second-order valence-electron chi connectivity index (χ2n) is 5.01. The molecule has 0 aliphatic heterocycles. The minimum Gasteiger partial charge on any atom is -0.338 e. The molecule has 0 saturated carbocycles. The average molecular weight is 368 g/mol. The second kappa shape index (κ2) is 7.27. The SMILES string of the molecule is CN(Cc1nccn1C(F)F)C(=O)CSc1nc2ccccc2s1. The molecule has 0 N–H and O–H groups in total. The van der Waals surface area contributed by atoms with E-state index in [-0.39, 0.29) is 24.0 Å². The van der Waals surface area contributed by atoms with Gasteiger partial charge in [-0.15, -0.1) is 11.3 Å². The number of amides is 1. The molecule has 0 aliphatic carbocycles. The zero-order valence-electron chi connectivity index (χ0n) is 12.7. The summed E-state index contributed by atoms with van der Waals surface area (Å²) in [4.78, 5) is 21.9. The van der Waals surface area contributed by atoms with Crippen molar-refractivity contribution in [2.75, 3.05) is 12.8 Å². The Bertz CT molecular complexity index is 816. The number of aromatic nitrogens is 3. The van der Waals surface area contributed by atoms with E-state index in [0.717, 1.165) is 19.1 Å². The minimum absolute atomic E-state index is 0.0383. The number of para-hydroxylation sites is 1. The van der Waals surface area contributed by atoms with Gasteiger partial charge in [0.15, 0.2) is 4.34 Å². The Labute approximate surface area is 145 Å². The van der Waals surface area contributed by atoms with Crippen LogP contribution in [0.15, 0.2) is 41.0 Å². The highest BCUT2D eigenvalue weighted by molar-refractivity contribution is 8.01. The van der Waals surface area contributed by atoms with Crippen LogP contribution in [-0.4, -0.2) is 38.1 Å². The van der Waals surface area contributed by atoms with Crippen molar-refractivity contribution in [2.24, 2.45) is 0 Å². The molecule has 0 radical (unpaired) electrons. The lowest BCUT2D eigenvalue weighted by Crippen LogP contribution is -2.29. The Morgan fingerprint density at radius 3 is 2.96 bits per heavy atom. The van der Waals surface area contributed by atoms with Gasteiger partial charge in [-0.25, -0.2) is 9.97 Å². The number of hydrogen-bond donors (Lipinski definition) is 0. The Morgan fingerprint density at radius 1 is 1.42 bits per heavy atom. The summed E-state index contributed by atoms with van der Waals surface area (Å²) < 4.78 is 28.2. The zero-order valence-corrected chi connectivity index (χ0v) is 14.4. The van der Waals surface area contributed by atoms with Gasteiger partial charge in [0.2, 0.25) is 5.91 Å². The molecule has 2 heterocycles. The summed E-state index contributed by atoms with van der Waals surface area (Å²) >= 11 is 2.87. The number of alkyl halides is 2. The molecule has 0 spiro atoms. The summed E-state index contributed by atoms with van der Waals surface area (Å²) in [5.74, 6) is 0.194. The van der Waals surface area contributed by atoms with E-state index in [2.05, 4.69) is 9.97 Å². The van der Waals surface area contributed by atoms with Crippen molar-refractivity contribution in [2.45, 2.75) is 17.4 Å². The lowest BCUT2D eigenvalue weighted by Gasteiger charge is -2.17. The molecule has 5 nitrogen and oxygen atoms in total. The van der Waals surface area contributed by atoms with Crippen molar-refractivity contribution in [1.82, 2.24) is 19.4 Å². The molecule has 0 saturated heterocycles. The number of fused-ring (bicyclic) bond motifs is 1. The number of rotatable bonds is 6. The van der Waals surface area contributed by atoms with Gasteiger partial charge in [-0.05, 0) is 12.1 Å². The number of thioether (sulfide) groups is 1. The maximum absolute atomic E-state index is 12.8. The van der Waals surface area contributed by atoms with Crippen molar-refractivity contribution in [3.8, 4) is 0 Å². The molecule has 0 fully saturated rings. The summed E-state index contributed by atoms with van der Waals surface area (Å²) in [6.45, 7) is -2.63. The standard InChI is InChI=1S/C15H14F2N4OS2/c1-20(8-12-18-6-7-21(12)14(16)17)13(22)9-23-15-19-10-4-2-3-5-11(10)24-15/h2-7,14H,8-9H2,1H3. The number of carbonyl (C=O) groups is 1. The fourth-order valence-electron chi connectivity index (χ4n) is 2.09. The van der Waals surface area contributed by atoms with Crippen LogP contribution < -0.4 is 0 Å². The van der Waals surface area contributed by atoms with E-state index < -0.39 is 6.55 Å². The molecule has 1 aromatic carbocycles. The van der Waals surface area contributed by atoms with E-state index in [0.29, 0.717) is 0 Å². The molecular formula is C15H14F2N4OS2. The number of carbonyl (C=O) groups excluding carboxylic acids is 1. The normalized spacial score (nSPS) is 11.3. The topological polar surface area (TPSA) is 51.0 Å². The molecule has 3 rings (SSSR count). The highest BCUT2D eigenvalue weighted by Gasteiger charge is 2.17. The molecule has 0 bridgehead atoms. The predicted octanol–water partition coefficient (Wildman–Crippen LogP) is 3.64. The van der Waals surface area contributed by atoms with Crippen LogP contribution >= 0.6 is 23.1 Å².